The Balaban J connectivity index is 2.63. The summed E-state index contributed by atoms with van der Waals surface area (Å²) in [6.07, 6.45) is 2.79. The van der Waals surface area contributed by atoms with Crippen LogP contribution < -0.4 is 15.8 Å². The van der Waals surface area contributed by atoms with Crippen molar-refractivity contribution < 1.29 is 4.74 Å². The summed E-state index contributed by atoms with van der Waals surface area (Å²) in [4.78, 5) is 0. The second-order valence-electron chi connectivity index (χ2n) is 2.96. The molecule has 0 aromatic heterocycles. The SMILES string of the molecule is C=CCCNc1ccc(OC)cc1N. The van der Waals surface area contributed by atoms with Gasteiger partial charge in [-0.15, -0.1) is 6.58 Å². The Kier molecular flexibility index (Phi) is 3.85. The molecule has 0 unspecified atom stereocenters. The summed E-state index contributed by atoms with van der Waals surface area (Å²) >= 11 is 0. The Morgan fingerprint density at radius 1 is 1.57 bits per heavy atom. The topological polar surface area (TPSA) is 47.3 Å². The van der Waals surface area contributed by atoms with Crippen LogP contribution in [0, 0.1) is 0 Å². The Hall–Kier alpha value is -1.64. The van der Waals surface area contributed by atoms with Gasteiger partial charge in [0.25, 0.3) is 0 Å². The van der Waals surface area contributed by atoms with Gasteiger partial charge in [-0.05, 0) is 18.6 Å². The quantitative estimate of drug-likeness (QED) is 0.427. The van der Waals surface area contributed by atoms with Crippen molar-refractivity contribution in [3.05, 3.63) is 30.9 Å². The average Bonchev–Trinajstić information content (AvgIpc) is 2.20. The molecule has 0 saturated carbocycles. The van der Waals surface area contributed by atoms with Crippen molar-refractivity contribution in [3.8, 4) is 5.75 Å². The van der Waals surface area contributed by atoms with Gasteiger partial charge in [-0.3, -0.25) is 0 Å². The molecule has 76 valence electrons. The highest BCUT2D eigenvalue weighted by Gasteiger charge is 1.99. The minimum atomic E-state index is 0.702. The van der Waals surface area contributed by atoms with Crippen LogP contribution in [0.5, 0.6) is 5.75 Å². The molecule has 0 radical (unpaired) electrons. The lowest BCUT2D eigenvalue weighted by Gasteiger charge is -2.09. The Morgan fingerprint density at radius 2 is 2.36 bits per heavy atom. The average molecular weight is 192 g/mol. The first kappa shape index (κ1) is 10.4. The third-order valence-corrected chi connectivity index (χ3v) is 1.92. The third kappa shape index (κ3) is 2.69. The van der Waals surface area contributed by atoms with Crippen molar-refractivity contribution in [1.29, 1.82) is 0 Å². The maximum absolute atomic E-state index is 5.81. The van der Waals surface area contributed by atoms with Crippen LogP contribution in [0.4, 0.5) is 11.4 Å². The fourth-order valence-electron chi connectivity index (χ4n) is 1.14. The molecule has 0 spiro atoms. The van der Waals surface area contributed by atoms with Gasteiger partial charge >= 0.3 is 0 Å². The van der Waals surface area contributed by atoms with E-state index in [9.17, 15) is 0 Å². The number of hydrogen-bond donors (Lipinski definition) is 2. The molecule has 0 aliphatic carbocycles. The van der Waals surface area contributed by atoms with Gasteiger partial charge in [0, 0.05) is 12.6 Å². The van der Waals surface area contributed by atoms with Crippen LogP contribution in [0.1, 0.15) is 6.42 Å². The molecule has 1 aromatic carbocycles. The molecule has 0 aliphatic heterocycles. The van der Waals surface area contributed by atoms with E-state index in [1.54, 1.807) is 13.2 Å². The summed E-state index contributed by atoms with van der Waals surface area (Å²) in [6.45, 7) is 4.50. The lowest BCUT2D eigenvalue weighted by atomic mass is 10.2. The van der Waals surface area contributed by atoms with E-state index >= 15 is 0 Å². The number of anilines is 2. The van der Waals surface area contributed by atoms with Gasteiger partial charge in [0.2, 0.25) is 0 Å². The fraction of sp³-hybridized carbons (Fsp3) is 0.273. The van der Waals surface area contributed by atoms with Crippen LogP contribution in [-0.4, -0.2) is 13.7 Å². The van der Waals surface area contributed by atoms with Crippen molar-refractivity contribution in [3.63, 3.8) is 0 Å². The summed E-state index contributed by atoms with van der Waals surface area (Å²) in [5.41, 5.74) is 7.45. The minimum absolute atomic E-state index is 0.702. The molecule has 0 heterocycles. The summed E-state index contributed by atoms with van der Waals surface area (Å²) < 4.78 is 5.05. The van der Waals surface area contributed by atoms with Gasteiger partial charge in [0.05, 0.1) is 18.5 Å². The Morgan fingerprint density at radius 3 is 2.93 bits per heavy atom. The predicted molar refractivity (Wildman–Crippen MR) is 60.7 cm³/mol. The van der Waals surface area contributed by atoms with Gasteiger partial charge in [0.1, 0.15) is 5.75 Å². The highest BCUT2D eigenvalue weighted by atomic mass is 16.5. The molecule has 0 fully saturated rings. The number of nitrogens with one attached hydrogen (secondary N) is 1. The van der Waals surface area contributed by atoms with Crippen LogP contribution in [0.25, 0.3) is 0 Å². The molecule has 0 aliphatic rings. The summed E-state index contributed by atoms with van der Waals surface area (Å²) in [5.74, 6) is 0.775. The van der Waals surface area contributed by atoms with Crippen LogP contribution in [0.3, 0.4) is 0 Å². The number of ether oxygens (including phenoxy) is 1. The largest absolute Gasteiger partial charge is 0.497 e. The van der Waals surface area contributed by atoms with Crippen molar-refractivity contribution in [2.45, 2.75) is 6.42 Å². The van der Waals surface area contributed by atoms with Gasteiger partial charge < -0.3 is 15.8 Å². The number of benzene rings is 1. The second kappa shape index (κ2) is 5.17. The van der Waals surface area contributed by atoms with E-state index in [1.807, 2.05) is 18.2 Å². The standard InChI is InChI=1S/C11H16N2O/c1-3-4-7-13-11-6-5-9(14-2)8-10(11)12/h3,5-6,8,13H,1,4,7,12H2,2H3. The Labute approximate surface area is 84.6 Å². The molecule has 3 N–H and O–H groups in total. The van der Waals surface area contributed by atoms with Crippen LogP contribution in [0.2, 0.25) is 0 Å². The van der Waals surface area contributed by atoms with E-state index < -0.39 is 0 Å². The highest BCUT2D eigenvalue weighted by molar-refractivity contribution is 5.68. The fourth-order valence-corrected chi connectivity index (χ4v) is 1.14. The summed E-state index contributed by atoms with van der Waals surface area (Å²) in [6, 6.07) is 5.60. The molecule has 1 rings (SSSR count). The molecule has 0 bridgehead atoms. The van der Waals surface area contributed by atoms with Crippen molar-refractivity contribution in [2.75, 3.05) is 24.7 Å². The number of nitrogen functional groups attached to an aromatic ring is 1. The smallest absolute Gasteiger partial charge is 0.121 e. The summed E-state index contributed by atoms with van der Waals surface area (Å²) in [5, 5.41) is 3.21. The molecule has 3 nitrogen and oxygen atoms in total. The number of hydrogen-bond acceptors (Lipinski definition) is 3. The van der Waals surface area contributed by atoms with Crippen molar-refractivity contribution in [1.82, 2.24) is 0 Å². The molecular formula is C11H16N2O. The molecule has 0 atom stereocenters. The lowest BCUT2D eigenvalue weighted by Crippen LogP contribution is -2.03. The second-order valence-corrected chi connectivity index (χ2v) is 2.96. The van der Waals surface area contributed by atoms with E-state index in [-0.39, 0.29) is 0 Å². The molecule has 1 aromatic rings. The Bertz CT molecular complexity index is 310. The maximum atomic E-state index is 5.81. The molecule has 3 heteroatoms. The first-order chi connectivity index (χ1) is 6.77. The zero-order valence-electron chi connectivity index (χ0n) is 8.42. The van der Waals surface area contributed by atoms with E-state index in [2.05, 4.69) is 11.9 Å². The third-order valence-electron chi connectivity index (χ3n) is 1.92. The van der Waals surface area contributed by atoms with Gasteiger partial charge in [-0.2, -0.15) is 0 Å². The molecule has 14 heavy (non-hydrogen) atoms. The predicted octanol–water partition coefficient (Wildman–Crippen LogP) is 2.27. The van der Waals surface area contributed by atoms with E-state index in [0.717, 1.165) is 24.4 Å². The highest BCUT2D eigenvalue weighted by Crippen LogP contribution is 2.23. The summed E-state index contributed by atoms with van der Waals surface area (Å²) in [7, 11) is 1.62. The zero-order chi connectivity index (χ0) is 10.4. The van der Waals surface area contributed by atoms with Gasteiger partial charge in [-0.25, -0.2) is 0 Å². The first-order valence-corrected chi connectivity index (χ1v) is 4.56. The normalized spacial score (nSPS) is 9.50. The van der Waals surface area contributed by atoms with Gasteiger partial charge in [-0.1, -0.05) is 6.08 Å². The van der Waals surface area contributed by atoms with E-state index in [1.165, 1.54) is 0 Å². The zero-order valence-corrected chi connectivity index (χ0v) is 8.42. The van der Waals surface area contributed by atoms with Crippen LogP contribution >= 0.6 is 0 Å². The van der Waals surface area contributed by atoms with Gasteiger partial charge in [0.15, 0.2) is 0 Å². The molecule has 0 amide bonds. The number of methoxy groups -OCH3 is 1. The van der Waals surface area contributed by atoms with E-state index in [4.69, 9.17) is 10.5 Å². The van der Waals surface area contributed by atoms with Crippen molar-refractivity contribution in [2.24, 2.45) is 0 Å². The maximum Gasteiger partial charge on any atom is 0.121 e. The van der Waals surface area contributed by atoms with Crippen LogP contribution in [-0.2, 0) is 0 Å². The molecular weight excluding hydrogens is 176 g/mol. The monoisotopic (exact) mass is 192 g/mol. The lowest BCUT2D eigenvalue weighted by molar-refractivity contribution is 0.415. The number of nitrogens with two attached hydrogens (primary N) is 1. The minimum Gasteiger partial charge on any atom is -0.497 e. The first-order valence-electron chi connectivity index (χ1n) is 4.56. The number of rotatable bonds is 5. The van der Waals surface area contributed by atoms with Crippen molar-refractivity contribution >= 4 is 11.4 Å². The molecule has 0 saturated heterocycles. The van der Waals surface area contributed by atoms with E-state index in [0.29, 0.717) is 5.69 Å². The van der Waals surface area contributed by atoms with Crippen LogP contribution in [0.15, 0.2) is 30.9 Å².